The number of H-pyrrole nitrogens is 1. The van der Waals surface area contributed by atoms with Gasteiger partial charge in [0.1, 0.15) is 0 Å². The predicted molar refractivity (Wildman–Crippen MR) is 82.2 cm³/mol. The van der Waals surface area contributed by atoms with Crippen LogP contribution in [-0.4, -0.2) is 58.6 Å². The minimum Gasteiger partial charge on any atom is -0.395 e. The van der Waals surface area contributed by atoms with Gasteiger partial charge in [0.15, 0.2) is 5.69 Å². The fraction of sp³-hybridized carbons (Fsp3) is 0.733. The standard InChI is InChI=1S/C15H25N5O/c1-3-20-8-6-11(7-9-20)19(2)15(21)14-12(16)13(17-18-14)10-4-5-10/h10-11H,3-9,16H2,1-2H3,(H,17,18). The van der Waals surface area contributed by atoms with E-state index in [1.165, 1.54) is 0 Å². The molecule has 0 unspecified atom stereocenters. The first-order chi connectivity index (χ1) is 10.1. The molecule has 0 spiro atoms. The lowest BCUT2D eigenvalue weighted by Crippen LogP contribution is -2.45. The molecule has 0 radical (unpaired) electrons. The molecule has 1 saturated heterocycles. The lowest BCUT2D eigenvalue weighted by Gasteiger charge is -2.36. The molecule has 0 atom stereocenters. The molecule has 1 aliphatic heterocycles. The van der Waals surface area contributed by atoms with Gasteiger partial charge in [-0.2, -0.15) is 5.10 Å². The highest BCUT2D eigenvalue weighted by Crippen LogP contribution is 2.42. The lowest BCUT2D eigenvalue weighted by atomic mass is 10.0. The first kappa shape index (κ1) is 14.4. The third-order valence-electron chi connectivity index (χ3n) is 4.89. The molecule has 2 aliphatic rings. The maximum Gasteiger partial charge on any atom is 0.276 e. The van der Waals surface area contributed by atoms with Gasteiger partial charge in [-0.05, 0) is 32.2 Å². The van der Waals surface area contributed by atoms with Crippen molar-refractivity contribution in [3.8, 4) is 0 Å². The Hall–Kier alpha value is -1.56. The van der Waals surface area contributed by atoms with Gasteiger partial charge in [-0.3, -0.25) is 9.89 Å². The van der Waals surface area contributed by atoms with E-state index in [-0.39, 0.29) is 5.91 Å². The van der Waals surface area contributed by atoms with Crippen LogP contribution in [0.1, 0.15) is 54.7 Å². The number of nitrogen functional groups attached to an aromatic ring is 1. The van der Waals surface area contributed by atoms with E-state index in [0.717, 1.165) is 51.0 Å². The average Bonchev–Trinajstić information content (AvgIpc) is 3.29. The lowest BCUT2D eigenvalue weighted by molar-refractivity contribution is 0.0642. The van der Waals surface area contributed by atoms with Crippen LogP contribution < -0.4 is 5.73 Å². The molecule has 116 valence electrons. The van der Waals surface area contributed by atoms with Crippen LogP contribution in [0.15, 0.2) is 0 Å². The maximum absolute atomic E-state index is 12.6. The number of aromatic amines is 1. The summed E-state index contributed by atoms with van der Waals surface area (Å²) in [6, 6.07) is 0.292. The average molecular weight is 291 g/mol. The zero-order chi connectivity index (χ0) is 15.0. The van der Waals surface area contributed by atoms with Crippen molar-refractivity contribution in [2.24, 2.45) is 0 Å². The summed E-state index contributed by atoms with van der Waals surface area (Å²) in [5.41, 5.74) is 8.01. The molecule has 21 heavy (non-hydrogen) atoms. The van der Waals surface area contributed by atoms with Gasteiger partial charge in [0.2, 0.25) is 0 Å². The number of nitrogens with zero attached hydrogens (tertiary/aromatic N) is 3. The quantitative estimate of drug-likeness (QED) is 0.879. The zero-order valence-electron chi connectivity index (χ0n) is 12.9. The summed E-state index contributed by atoms with van der Waals surface area (Å²) in [6.45, 7) is 5.38. The van der Waals surface area contributed by atoms with Gasteiger partial charge >= 0.3 is 0 Å². The van der Waals surface area contributed by atoms with Crippen LogP contribution in [0.4, 0.5) is 5.69 Å². The Morgan fingerprint density at radius 1 is 1.38 bits per heavy atom. The normalized spacial score (nSPS) is 20.7. The van der Waals surface area contributed by atoms with Gasteiger partial charge in [-0.15, -0.1) is 0 Å². The van der Waals surface area contributed by atoms with Crippen molar-refractivity contribution >= 4 is 11.6 Å². The zero-order valence-corrected chi connectivity index (χ0v) is 12.9. The number of aromatic nitrogens is 2. The Kier molecular flexibility index (Phi) is 3.89. The SMILES string of the molecule is CCN1CCC(N(C)C(=O)c2n[nH]c(C3CC3)c2N)CC1. The monoisotopic (exact) mass is 291 g/mol. The van der Waals surface area contributed by atoms with E-state index in [0.29, 0.717) is 23.3 Å². The number of carbonyl (C=O) groups excluding carboxylic acids is 1. The molecule has 0 aromatic carbocycles. The predicted octanol–water partition coefficient (Wildman–Crippen LogP) is 1.43. The Balaban J connectivity index is 1.67. The van der Waals surface area contributed by atoms with Crippen LogP contribution in [0.5, 0.6) is 0 Å². The highest BCUT2D eigenvalue weighted by atomic mass is 16.2. The second-order valence-electron chi connectivity index (χ2n) is 6.26. The van der Waals surface area contributed by atoms with Gasteiger partial charge in [-0.25, -0.2) is 0 Å². The summed E-state index contributed by atoms with van der Waals surface area (Å²) in [6.07, 6.45) is 4.34. The molecular weight excluding hydrogens is 266 g/mol. The van der Waals surface area contributed by atoms with Crippen molar-refractivity contribution < 1.29 is 4.79 Å². The molecule has 6 nitrogen and oxygen atoms in total. The summed E-state index contributed by atoms with van der Waals surface area (Å²) < 4.78 is 0. The summed E-state index contributed by atoms with van der Waals surface area (Å²) >= 11 is 0. The number of amides is 1. The molecule has 1 aliphatic carbocycles. The number of likely N-dealkylation sites (tertiary alicyclic amines) is 1. The fourth-order valence-electron chi connectivity index (χ4n) is 3.17. The van der Waals surface area contributed by atoms with Crippen LogP contribution in [0, 0.1) is 0 Å². The number of nitrogens with one attached hydrogen (secondary N) is 1. The van der Waals surface area contributed by atoms with Crippen molar-refractivity contribution in [3.63, 3.8) is 0 Å². The first-order valence-corrected chi connectivity index (χ1v) is 7.95. The molecule has 0 bridgehead atoms. The summed E-state index contributed by atoms with van der Waals surface area (Å²) in [5.74, 6) is 0.433. The van der Waals surface area contributed by atoms with Gasteiger partial charge in [-0.1, -0.05) is 6.92 Å². The minimum atomic E-state index is -0.0504. The van der Waals surface area contributed by atoms with E-state index in [1.54, 1.807) is 0 Å². The van der Waals surface area contributed by atoms with Crippen LogP contribution >= 0.6 is 0 Å². The van der Waals surface area contributed by atoms with E-state index in [2.05, 4.69) is 22.0 Å². The Morgan fingerprint density at radius 3 is 2.62 bits per heavy atom. The van der Waals surface area contributed by atoms with E-state index < -0.39 is 0 Å². The van der Waals surface area contributed by atoms with Crippen molar-refractivity contribution in [3.05, 3.63) is 11.4 Å². The fourth-order valence-corrected chi connectivity index (χ4v) is 3.17. The number of hydrogen-bond acceptors (Lipinski definition) is 4. The van der Waals surface area contributed by atoms with Gasteiger partial charge in [0.25, 0.3) is 5.91 Å². The number of carbonyl (C=O) groups is 1. The minimum absolute atomic E-state index is 0.0504. The number of piperidine rings is 1. The van der Waals surface area contributed by atoms with Gasteiger partial charge < -0.3 is 15.5 Å². The Bertz CT molecular complexity index is 514. The van der Waals surface area contributed by atoms with Gasteiger partial charge in [0.05, 0.1) is 11.4 Å². The van der Waals surface area contributed by atoms with Crippen LogP contribution in [-0.2, 0) is 0 Å². The van der Waals surface area contributed by atoms with E-state index >= 15 is 0 Å². The smallest absolute Gasteiger partial charge is 0.276 e. The third kappa shape index (κ3) is 2.77. The summed E-state index contributed by atoms with van der Waals surface area (Å²) in [4.78, 5) is 16.9. The molecule has 3 N–H and O–H groups in total. The third-order valence-corrected chi connectivity index (χ3v) is 4.89. The molecular formula is C15H25N5O. The molecule has 1 saturated carbocycles. The van der Waals surface area contributed by atoms with Crippen LogP contribution in [0.25, 0.3) is 0 Å². The van der Waals surface area contributed by atoms with E-state index in [1.807, 2.05) is 11.9 Å². The maximum atomic E-state index is 12.6. The molecule has 1 amide bonds. The Labute approximate surface area is 125 Å². The molecule has 1 aromatic heterocycles. The number of rotatable bonds is 4. The van der Waals surface area contributed by atoms with Gasteiger partial charge in [0, 0.05) is 32.1 Å². The molecule has 2 fully saturated rings. The van der Waals surface area contributed by atoms with Crippen LogP contribution in [0.2, 0.25) is 0 Å². The van der Waals surface area contributed by atoms with Crippen molar-refractivity contribution in [1.82, 2.24) is 20.0 Å². The number of nitrogens with two attached hydrogens (primary N) is 1. The molecule has 6 heteroatoms. The van der Waals surface area contributed by atoms with Crippen molar-refractivity contribution in [1.29, 1.82) is 0 Å². The summed E-state index contributed by atoms with van der Waals surface area (Å²) in [7, 11) is 1.87. The second kappa shape index (κ2) is 5.67. The highest BCUT2D eigenvalue weighted by molar-refractivity contribution is 5.97. The van der Waals surface area contributed by atoms with Crippen molar-refractivity contribution in [2.75, 3.05) is 32.4 Å². The molecule has 2 heterocycles. The topological polar surface area (TPSA) is 78.2 Å². The Morgan fingerprint density at radius 2 is 2.05 bits per heavy atom. The molecule has 1 aromatic rings. The first-order valence-electron chi connectivity index (χ1n) is 7.95. The molecule has 3 rings (SSSR count). The van der Waals surface area contributed by atoms with Crippen LogP contribution in [0.3, 0.4) is 0 Å². The van der Waals surface area contributed by atoms with E-state index in [9.17, 15) is 4.79 Å². The van der Waals surface area contributed by atoms with E-state index in [4.69, 9.17) is 5.73 Å². The summed E-state index contributed by atoms with van der Waals surface area (Å²) in [5, 5.41) is 7.13. The highest BCUT2D eigenvalue weighted by Gasteiger charge is 2.32. The number of anilines is 1. The second-order valence-corrected chi connectivity index (χ2v) is 6.26. The number of hydrogen-bond donors (Lipinski definition) is 2. The van der Waals surface area contributed by atoms with Crippen molar-refractivity contribution in [2.45, 2.75) is 44.6 Å². The largest absolute Gasteiger partial charge is 0.395 e.